The Kier molecular flexibility index (Phi) is 5.28. The average Bonchev–Trinajstić information content (AvgIpc) is 3.06. The van der Waals surface area contributed by atoms with Gasteiger partial charge in [0.25, 0.3) is 0 Å². The largest absolute Gasteiger partial charge is 0.481 e. The van der Waals surface area contributed by atoms with Crippen LogP contribution in [0.3, 0.4) is 0 Å². The summed E-state index contributed by atoms with van der Waals surface area (Å²) in [7, 11) is 1.47. The quantitative estimate of drug-likeness (QED) is 0.754. The Morgan fingerprint density at radius 3 is 2.95 bits per heavy atom. The van der Waals surface area contributed by atoms with Gasteiger partial charge in [-0.3, -0.25) is 4.79 Å². The minimum absolute atomic E-state index is 0.113. The summed E-state index contributed by atoms with van der Waals surface area (Å²) in [6.45, 7) is 2.31. The highest BCUT2D eigenvalue weighted by atomic mass is 32.1. The van der Waals surface area contributed by atoms with Crippen molar-refractivity contribution in [1.29, 1.82) is 0 Å². The number of carbonyl (C=O) groups is 1. The number of aromatic nitrogens is 6. The third-order valence-electron chi connectivity index (χ3n) is 2.89. The first-order chi connectivity index (χ1) is 10.2. The van der Waals surface area contributed by atoms with E-state index in [0.29, 0.717) is 5.82 Å². The topological polar surface area (TPSA) is 116 Å². The molecule has 0 saturated carbocycles. The van der Waals surface area contributed by atoms with Crippen molar-refractivity contribution in [2.45, 2.75) is 38.8 Å². The molecule has 0 saturated heterocycles. The van der Waals surface area contributed by atoms with Crippen LogP contribution in [0.5, 0.6) is 0 Å². The fraction of sp³-hybridized carbons (Fsp3) is 0.636. The molecule has 0 amide bonds. The predicted molar refractivity (Wildman–Crippen MR) is 73.8 cm³/mol. The lowest BCUT2D eigenvalue weighted by Crippen LogP contribution is -2.23. The van der Waals surface area contributed by atoms with Gasteiger partial charge < -0.3 is 9.84 Å². The van der Waals surface area contributed by atoms with Crippen LogP contribution in [0.15, 0.2) is 0 Å². The van der Waals surface area contributed by atoms with E-state index in [1.807, 2.05) is 0 Å². The van der Waals surface area contributed by atoms with Crippen molar-refractivity contribution in [2.75, 3.05) is 7.11 Å². The van der Waals surface area contributed by atoms with Crippen molar-refractivity contribution in [3.05, 3.63) is 5.69 Å². The molecule has 0 aliphatic heterocycles. The van der Waals surface area contributed by atoms with Crippen molar-refractivity contribution in [2.24, 2.45) is 0 Å². The van der Waals surface area contributed by atoms with Gasteiger partial charge >= 0.3 is 5.97 Å². The van der Waals surface area contributed by atoms with Gasteiger partial charge in [-0.2, -0.15) is 0 Å². The third kappa shape index (κ3) is 3.79. The molecule has 0 spiro atoms. The Labute approximate surface area is 125 Å². The molecule has 9 nitrogen and oxygen atoms in total. The van der Waals surface area contributed by atoms with Gasteiger partial charge in [0, 0.05) is 7.11 Å². The van der Waals surface area contributed by atoms with E-state index in [2.05, 4.69) is 32.0 Å². The zero-order valence-electron chi connectivity index (χ0n) is 11.8. The van der Waals surface area contributed by atoms with Gasteiger partial charge in [0.2, 0.25) is 0 Å². The molecule has 0 bridgehead atoms. The first kappa shape index (κ1) is 15.4. The number of nitrogens with zero attached hydrogens (tertiary/aromatic N) is 6. The van der Waals surface area contributed by atoms with E-state index in [1.54, 1.807) is 0 Å². The Hall–Kier alpha value is -1.94. The summed E-state index contributed by atoms with van der Waals surface area (Å²) in [5.74, 6) is -0.386. The van der Waals surface area contributed by atoms with Gasteiger partial charge in [-0.25, -0.2) is 4.68 Å². The maximum Gasteiger partial charge on any atom is 0.306 e. The van der Waals surface area contributed by atoms with E-state index in [1.165, 1.54) is 23.3 Å². The highest BCUT2D eigenvalue weighted by molar-refractivity contribution is 7.09. The zero-order valence-corrected chi connectivity index (χ0v) is 12.6. The second-order valence-electron chi connectivity index (χ2n) is 4.44. The Morgan fingerprint density at radius 1 is 1.48 bits per heavy atom. The highest BCUT2D eigenvalue weighted by Crippen LogP contribution is 2.24. The molecule has 2 aromatic rings. The van der Waals surface area contributed by atoms with E-state index in [-0.39, 0.29) is 13.0 Å². The number of hydrogen-bond donors (Lipinski definition) is 1. The summed E-state index contributed by atoms with van der Waals surface area (Å²) >= 11 is 1.23. The predicted octanol–water partition coefficient (Wildman–Crippen LogP) is 0.634. The smallest absolute Gasteiger partial charge is 0.306 e. The van der Waals surface area contributed by atoms with Gasteiger partial charge in [-0.15, -0.1) is 10.2 Å². The van der Waals surface area contributed by atoms with Gasteiger partial charge in [-0.1, -0.05) is 17.8 Å². The molecular weight excluding hydrogens is 296 g/mol. The number of aryl methyl sites for hydroxylation is 1. The number of hydrogen-bond acceptors (Lipinski definition) is 8. The van der Waals surface area contributed by atoms with Crippen molar-refractivity contribution in [3.63, 3.8) is 0 Å². The lowest BCUT2D eigenvalue weighted by molar-refractivity contribution is -0.140. The summed E-state index contributed by atoms with van der Waals surface area (Å²) in [6, 6.07) is 0. The Morgan fingerprint density at radius 2 is 2.29 bits per heavy atom. The lowest BCUT2D eigenvalue weighted by Gasteiger charge is -2.13. The number of methoxy groups -OCH3 is 1. The molecule has 0 fully saturated rings. The van der Waals surface area contributed by atoms with Crippen molar-refractivity contribution in [1.82, 2.24) is 29.8 Å². The molecule has 0 aliphatic rings. The molecule has 10 heteroatoms. The van der Waals surface area contributed by atoms with Crippen LogP contribution >= 0.6 is 11.5 Å². The molecule has 1 N–H and O–H groups in total. The van der Waals surface area contributed by atoms with Crippen LogP contribution in [0.2, 0.25) is 0 Å². The summed E-state index contributed by atoms with van der Waals surface area (Å²) in [6.07, 6.45) is 1.13. The zero-order chi connectivity index (χ0) is 15.2. The summed E-state index contributed by atoms with van der Waals surface area (Å²) in [5, 5.41) is 24.5. The minimum atomic E-state index is -0.928. The first-order valence-corrected chi connectivity index (χ1v) is 7.25. The molecule has 114 valence electrons. The van der Waals surface area contributed by atoms with Crippen molar-refractivity contribution in [3.8, 4) is 10.7 Å². The second-order valence-corrected chi connectivity index (χ2v) is 5.19. The maximum absolute atomic E-state index is 10.8. The van der Waals surface area contributed by atoms with E-state index >= 15 is 0 Å². The van der Waals surface area contributed by atoms with Crippen LogP contribution < -0.4 is 0 Å². The van der Waals surface area contributed by atoms with Crippen LogP contribution in [0.4, 0.5) is 0 Å². The average molecular weight is 312 g/mol. The first-order valence-electron chi connectivity index (χ1n) is 6.48. The standard InChI is InChI=1S/C11H16N6O3S/c1-3-4-8-10(21-16-12-8)11-13-14-15-17(11)6-7(20-2)5-9(18)19/h7H,3-6H2,1-2H3,(H,18,19). The number of carboxylic acids is 1. The van der Waals surface area contributed by atoms with E-state index in [9.17, 15) is 4.79 Å². The lowest BCUT2D eigenvalue weighted by atomic mass is 10.2. The third-order valence-corrected chi connectivity index (χ3v) is 3.65. The van der Waals surface area contributed by atoms with Gasteiger partial charge in [-0.05, 0) is 28.4 Å². The fourth-order valence-corrected chi connectivity index (χ4v) is 2.58. The monoisotopic (exact) mass is 312 g/mol. The number of tetrazole rings is 1. The van der Waals surface area contributed by atoms with Crippen LogP contribution in [-0.4, -0.2) is 54.1 Å². The van der Waals surface area contributed by atoms with E-state index in [0.717, 1.165) is 23.4 Å². The van der Waals surface area contributed by atoms with Gasteiger partial charge in [0.1, 0.15) is 4.88 Å². The SMILES string of the molecule is CCCc1nnsc1-c1nnnn1CC(CC(=O)O)OC. The second kappa shape index (κ2) is 7.18. The van der Waals surface area contributed by atoms with E-state index < -0.39 is 12.1 Å². The van der Waals surface area contributed by atoms with Gasteiger partial charge in [0.15, 0.2) is 5.82 Å². The van der Waals surface area contributed by atoms with Crippen LogP contribution in [0.25, 0.3) is 10.7 Å². The normalized spacial score (nSPS) is 12.5. The number of carboxylic acid groups (broad SMARTS) is 1. The van der Waals surface area contributed by atoms with Gasteiger partial charge in [0.05, 0.1) is 24.8 Å². The highest BCUT2D eigenvalue weighted by Gasteiger charge is 2.20. The summed E-state index contributed by atoms with van der Waals surface area (Å²) in [5.41, 5.74) is 0.853. The number of ether oxygens (including phenoxy) is 1. The summed E-state index contributed by atoms with van der Waals surface area (Å²) in [4.78, 5) is 11.6. The molecule has 0 radical (unpaired) electrons. The maximum atomic E-state index is 10.8. The molecule has 0 aliphatic carbocycles. The molecule has 1 atom stereocenters. The Balaban J connectivity index is 2.21. The van der Waals surface area contributed by atoms with Crippen molar-refractivity contribution < 1.29 is 14.6 Å². The van der Waals surface area contributed by atoms with Crippen LogP contribution in [0.1, 0.15) is 25.5 Å². The molecular formula is C11H16N6O3S. The molecule has 2 rings (SSSR count). The molecule has 2 aromatic heterocycles. The molecule has 1 unspecified atom stereocenters. The van der Waals surface area contributed by atoms with Crippen LogP contribution in [0, 0.1) is 0 Å². The molecule has 2 heterocycles. The Bertz CT molecular complexity index is 598. The molecule has 21 heavy (non-hydrogen) atoms. The summed E-state index contributed by atoms with van der Waals surface area (Å²) < 4.78 is 10.6. The molecule has 0 aromatic carbocycles. The van der Waals surface area contributed by atoms with Crippen molar-refractivity contribution >= 4 is 17.5 Å². The van der Waals surface area contributed by atoms with Crippen LogP contribution in [-0.2, 0) is 22.5 Å². The fourth-order valence-electron chi connectivity index (χ4n) is 1.88. The number of rotatable bonds is 8. The minimum Gasteiger partial charge on any atom is -0.481 e. The van der Waals surface area contributed by atoms with E-state index in [4.69, 9.17) is 9.84 Å². The number of aliphatic carboxylic acids is 1.